The lowest BCUT2D eigenvalue weighted by molar-refractivity contribution is 0.473. The molecular formula is C19H22ClNO. The zero-order valence-electron chi connectivity index (χ0n) is 13.5. The molecule has 0 saturated heterocycles. The zero-order chi connectivity index (χ0) is 16.3. The molecule has 1 N–H and O–H groups in total. The smallest absolute Gasteiger partial charge is 0.142 e. The van der Waals surface area contributed by atoms with Gasteiger partial charge in [-0.3, -0.25) is 4.99 Å². The van der Waals surface area contributed by atoms with Crippen molar-refractivity contribution in [3.05, 3.63) is 64.2 Å². The topological polar surface area (TPSA) is 32.6 Å². The molecule has 0 aliphatic carbocycles. The van der Waals surface area contributed by atoms with Gasteiger partial charge >= 0.3 is 0 Å². The molecule has 0 aromatic heterocycles. The van der Waals surface area contributed by atoms with Gasteiger partial charge in [-0.15, -0.1) is 0 Å². The fourth-order valence-corrected chi connectivity index (χ4v) is 2.39. The maximum Gasteiger partial charge on any atom is 0.142 e. The Hall–Kier alpha value is -1.80. The third-order valence-corrected chi connectivity index (χ3v) is 3.97. The molecule has 3 heteroatoms. The molecule has 0 fully saturated rings. The lowest BCUT2D eigenvalue weighted by Crippen LogP contribution is -2.11. The minimum absolute atomic E-state index is 0.0256. The molecule has 0 heterocycles. The quantitative estimate of drug-likeness (QED) is 0.743. The molecule has 0 amide bonds. The van der Waals surface area contributed by atoms with E-state index in [1.54, 1.807) is 6.21 Å². The average molecular weight is 316 g/mol. The molecule has 2 aromatic rings. The Morgan fingerprint density at radius 1 is 1.14 bits per heavy atom. The Kier molecular flexibility index (Phi) is 4.92. The molecule has 2 nitrogen and oxygen atoms in total. The third-order valence-electron chi connectivity index (χ3n) is 3.68. The fraction of sp³-hybridized carbons (Fsp3) is 0.316. The molecule has 2 rings (SSSR count). The summed E-state index contributed by atoms with van der Waals surface area (Å²) in [5.74, 6) is 0.0821. The lowest BCUT2D eigenvalue weighted by atomic mass is 9.86. The number of aromatic hydroxyl groups is 1. The number of hydrogen-bond donors (Lipinski definition) is 1. The second-order valence-electron chi connectivity index (χ2n) is 6.51. The molecule has 1 atom stereocenters. The summed E-state index contributed by atoms with van der Waals surface area (Å²) in [6.45, 7) is 8.37. The van der Waals surface area contributed by atoms with Gasteiger partial charge in [0, 0.05) is 11.8 Å². The van der Waals surface area contributed by atoms with E-state index in [1.807, 2.05) is 49.4 Å². The van der Waals surface area contributed by atoms with Crippen molar-refractivity contribution in [3.8, 4) is 5.75 Å². The molecule has 0 aliphatic heterocycles. The molecule has 0 saturated carbocycles. The highest BCUT2D eigenvalue weighted by Gasteiger charge is 2.17. The molecule has 116 valence electrons. The van der Waals surface area contributed by atoms with Crippen molar-refractivity contribution in [1.82, 2.24) is 0 Å². The summed E-state index contributed by atoms with van der Waals surface area (Å²) in [7, 11) is 0. The highest BCUT2D eigenvalue weighted by Crippen LogP contribution is 2.33. The number of rotatable bonds is 3. The monoisotopic (exact) mass is 315 g/mol. The minimum atomic E-state index is -0.0367. The van der Waals surface area contributed by atoms with Crippen molar-refractivity contribution in [1.29, 1.82) is 0 Å². The largest absolute Gasteiger partial charge is 0.506 e. The van der Waals surface area contributed by atoms with Gasteiger partial charge in [0.25, 0.3) is 0 Å². The van der Waals surface area contributed by atoms with Crippen LogP contribution in [-0.2, 0) is 5.41 Å². The van der Waals surface area contributed by atoms with Crippen molar-refractivity contribution in [2.24, 2.45) is 4.99 Å². The highest BCUT2D eigenvalue weighted by atomic mass is 35.5. The van der Waals surface area contributed by atoms with E-state index in [9.17, 15) is 5.11 Å². The maximum atomic E-state index is 10.1. The first-order chi connectivity index (χ1) is 10.3. The van der Waals surface area contributed by atoms with Crippen LogP contribution in [0.1, 0.15) is 50.4 Å². The SMILES string of the molecule is CC(N=Cc1cc(C(C)(C)C)cc(Cl)c1O)c1ccccc1. The summed E-state index contributed by atoms with van der Waals surface area (Å²) in [4.78, 5) is 4.55. The van der Waals surface area contributed by atoms with Gasteiger partial charge in [-0.05, 0) is 35.6 Å². The van der Waals surface area contributed by atoms with Gasteiger partial charge in [-0.2, -0.15) is 0 Å². The van der Waals surface area contributed by atoms with Gasteiger partial charge in [0.05, 0.1) is 11.1 Å². The average Bonchev–Trinajstić information content (AvgIpc) is 2.48. The van der Waals surface area contributed by atoms with E-state index in [0.717, 1.165) is 11.1 Å². The van der Waals surface area contributed by atoms with Gasteiger partial charge in [-0.25, -0.2) is 0 Å². The predicted molar refractivity (Wildman–Crippen MR) is 94.3 cm³/mol. The summed E-state index contributed by atoms with van der Waals surface area (Å²) < 4.78 is 0. The first kappa shape index (κ1) is 16.6. The molecule has 1 unspecified atom stereocenters. The minimum Gasteiger partial charge on any atom is -0.506 e. The van der Waals surface area contributed by atoms with E-state index in [1.165, 1.54) is 0 Å². The van der Waals surface area contributed by atoms with Crippen LogP contribution in [0.3, 0.4) is 0 Å². The van der Waals surface area contributed by atoms with Crippen LogP contribution < -0.4 is 0 Å². The van der Waals surface area contributed by atoms with Crippen LogP contribution in [0.15, 0.2) is 47.5 Å². The zero-order valence-corrected chi connectivity index (χ0v) is 14.2. The van der Waals surface area contributed by atoms with E-state index in [0.29, 0.717) is 10.6 Å². The fourth-order valence-electron chi connectivity index (χ4n) is 2.16. The van der Waals surface area contributed by atoms with Crippen LogP contribution in [0.4, 0.5) is 0 Å². The number of aliphatic imine (C=N–C) groups is 1. The van der Waals surface area contributed by atoms with Crippen molar-refractivity contribution in [2.45, 2.75) is 39.2 Å². The van der Waals surface area contributed by atoms with Gasteiger partial charge in [0.15, 0.2) is 0 Å². The van der Waals surface area contributed by atoms with E-state index < -0.39 is 0 Å². The van der Waals surface area contributed by atoms with Crippen molar-refractivity contribution >= 4 is 17.8 Å². The van der Waals surface area contributed by atoms with Crippen LogP contribution in [0.2, 0.25) is 5.02 Å². The Morgan fingerprint density at radius 2 is 1.77 bits per heavy atom. The number of benzene rings is 2. The number of hydrogen-bond acceptors (Lipinski definition) is 2. The summed E-state index contributed by atoms with van der Waals surface area (Å²) >= 11 is 6.15. The Balaban J connectivity index is 2.33. The standard InChI is InChI=1S/C19H22ClNO/c1-13(14-8-6-5-7-9-14)21-12-15-10-16(19(2,3)4)11-17(20)18(15)22/h5-13,22H,1-4H3. The summed E-state index contributed by atoms with van der Waals surface area (Å²) in [5.41, 5.74) is 2.82. The molecule has 22 heavy (non-hydrogen) atoms. The molecule has 0 bridgehead atoms. The first-order valence-corrected chi connectivity index (χ1v) is 7.78. The van der Waals surface area contributed by atoms with E-state index in [2.05, 4.69) is 25.8 Å². The van der Waals surface area contributed by atoms with Crippen molar-refractivity contribution in [3.63, 3.8) is 0 Å². The van der Waals surface area contributed by atoms with E-state index in [4.69, 9.17) is 11.6 Å². The second kappa shape index (κ2) is 6.53. The van der Waals surface area contributed by atoms with Crippen LogP contribution in [0, 0.1) is 0 Å². The third kappa shape index (κ3) is 3.89. The Labute approximate surface area is 137 Å². The van der Waals surface area contributed by atoms with Crippen LogP contribution in [0.5, 0.6) is 5.75 Å². The van der Waals surface area contributed by atoms with E-state index in [-0.39, 0.29) is 17.2 Å². The van der Waals surface area contributed by atoms with Gasteiger partial charge in [-0.1, -0.05) is 62.7 Å². The van der Waals surface area contributed by atoms with E-state index >= 15 is 0 Å². The summed E-state index contributed by atoms with van der Waals surface area (Å²) in [6, 6.07) is 13.8. The van der Waals surface area contributed by atoms with Crippen LogP contribution >= 0.6 is 11.6 Å². The Bertz CT molecular complexity index is 672. The van der Waals surface area contributed by atoms with Crippen molar-refractivity contribution in [2.75, 3.05) is 0 Å². The number of phenols is 1. The molecule has 2 aromatic carbocycles. The highest BCUT2D eigenvalue weighted by molar-refractivity contribution is 6.32. The van der Waals surface area contributed by atoms with Crippen LogP contribution in [-0.4, -0.2) is 11.3 Å². The predicted octanol–water partition coefficient (Wildman–Crippen LogP) is 5.52. The summed E-state index contributed by atoms with van der Waals surface area (Å²) in [6.07, 6.45) is 1.70. The Morgan fingerprint density at radius 3 is 2.36 bits per heavy atom. The number of halogens is 1. The molecule has 0 aliphatic rings. The molecular weight excluding hydrogens is 294 g/mol. The maximum absolute atomic E-state index is 10.1. The van der Waals surface area contributed by atoms with Gasteiger partial charge in [0.1, 0.15) is 5.75 Å². The first-order valence-electron chi connectivity index (χ1n) is 7.40. The second-order valence-corrected chi connectivity index (χ2v) is 6.92. The molecule has 0 radical (unpaired) electrons. The van der Waals surface area contributed by atoms with Crippen LogP contribution in [0.25, 0.3) is 0 Å². The van der Waals surface area contributed by atoms with Gasteiger partial charge in [0.2, 0.25) is 0 Å². The van der Waals surface area contributed by atoms with Gasteiger partial charge < -0.3 is 5.11 Å². The van der Waals surface area contributed by atoms with Crippen molar-refractivity contribution < 1.29 is 5.11 Å². The molecule has 0 spiro atoms. The normalized spacial score (nSPS) is 13.5. The number of phenolic OH excluding ortho intramolecular Hbond substituents is 1. The number of nitrogens with zero attached hydrogens (tertiary/aromatic N) is 1. The summed E-state index contributed by atoms with van der Waals surface area (Å²) in [5, 5.41) is 10.5. The lowest BCUT2D eigenvalue weighted by Gasteiger charge is -2.20.